The second kappa shape index (κ2) is 6.56. The lowest BCUT2D eigenvalue weighted by atomic mass is 10.2. The number of carbonyl (C=O) groups is 2. The second-order valence-electron chi connectivity index (χ2n) is 3.40. The fourth-order valence-corrected chi connectivity index (χ4v) is 1.65. The van der Waals surface area contributed by atoms with Crippen LogP contribution in [-0.4, -0.2) is 24.5 Å². The van der Waals surface area contributed by atoms with E-state index in [2.05, 4.69) is 25.5 Å². The third kappa shape index (κ3) is 3.67. The Morgan fingerprint density at radius 3 is 2.53 bits per heavy atom. The topological polar surface area (TPSA) is 46.6 Å². The molecule has 1 amide bonds. The summed E-state index contributed by atoms with van der Waals surface area (Å²) in [7, 11) is 1.63. The van der Waals surface area contributed by atoms with E-state index in [1.54, 1.807) is 31.3 Å². The molecule has 0 fully saturated rings. The van der Waals surface area contributed by atoms with Crippen LogP contribution in [0.1, 0.15) is 6.42 Å². The van der Waals surface area contributed by atoms with Crippen LogP contribution in [-0.2, 0) is 9.59 Å². The summed E-state index contributed by atoms with van der Waals surface area (Å²) in [6.07, 6.45) is 0.783. The molecule has 1 aromatic rings. The largest absolute Gasteiger partial charge is 0.429 e. The van der Waals surface area contributed by atoms with E-state index in [4.69, 9.17) is 4.18 Å². The summed E-state index contributed by atoms with van der Waals surface area (Å²) in [4.78, 5) is 23.6. The van der Waals surface area contributed by atoms with Gasteiger partial charge in [-0.05, 0) is 24.3 Å². The van der Waals surface area contributed by atoms with E-state index in [-0.39, 0.29) is 12.3 Å². The molecule has 0 aliphatic rings. The SMILES string of the molecule is CN(C(=O)C(S)CC=O)c1ccc(OS)cc1. The van der Waals surface area contributed by atoms with Gasteiger partial charge in [0.05, 0.1) is 5.25 Å². The molecule has 1 rings (SSSR count). The smallest absolute Gasteiger partial charge is 0.240 e. The lowest BCUT2D eigenvalue weighted by Crippen LogP contribution is -2.33. The van der Waals surface area contributed by atoms with Crippen LogP contribution in [0, 0.1) is 0 Å². The van der Waals surface area contributed by atoms with Gasteiger partial charge in [0, 0.05) is 32.1 Å². The number of thiol groups is 2. The van der Waals surface area contributed by atoms with Crippen LogP contribution in [0.15, 0.2) is 24.3 Å². The number of amides is 1. The molecule has 1 aromatic carbocycles. The minimum absolute atomic E-state index is 0.101. The van der Waals surface area contributed by atoms with Crippen molar-refractivity contribution in [1.29, 1.82) is 0 Å². The fraction of sp³-hybridized carbons (Fsp3) is 0.273. The monoisotopic (exact) mass is 271 g/mol. The summed E-state index contributed by atoms with van der Waals surface area (Å²) in [5.41, 5.74) is 0.703. The Kier molecular flexibility index (Phi) is 5.37. The fourth-order valence-electron chi connectivity index (χ4n) is 1.27. The molecule has 0 saturated carbocycles. The summed E-state index contributed by atoms with van der Waals surface area (Å²) >= 11 is 7.74. The zero-order valence-corrected chi connectivity index (χ0v) is 11.0. The summed E-state index contributed by atoms with van der Waals surface area (Å²) in [6, 6.07) is 6.84. The van der Waals surface area contributed by atoms with Crippen molar-refractivity contribution < 1.29 is 13.8 Å². The first-order valence-corrected chi connectivity index (χ1v) is 5.79. The van der Waals surface area contributed by atoms with Gasteiger partial charge in [-0.2, -0.15) is 12.6 Å². The van der Waals surface area contributed by atoms with Crippen LogP contribution in [0.3, 0.4) is 0 Å². The number of anilines is 1. The van der Waals surface area contributed by atoms with Crippen LogP contribution in [0.4, 0.5) is 5.69 Å². The summed E-state index contributed by atoms with van der Waals surface area (Å²) in [6.45, 7) is 0. The van der Waals surface area contributed by atoms with Crippen molar-refractivity contribution in [2.75, 3.05) is 11.9 Å². The van der Waals surface area contributed by atoms with E-state index < -0.39 is 5.25 Å². The van der Waals surface area contributed by atoms with Crippen molar-refractivity contribution >= 4 is 43.4 Å². The molecule has 6 heteroatoms. The zero-order chi connectivity index (χ0) is 12.8. The number of hydrogen-bond donors (Lipinski definition) is 2. The highest BCUT2D eigenvalue weighted by molar-refractivity contribution is 7.81. The normalized spacial score (nSPS) is 11.7. The number of nitrogens with zero attached hydrogens (tertiary/aromatic N) is 1. The lowest BCUT2D eigenvalue weighted by Gasteiger charge is -2.20. The molecule has 17 heavy (non-hydrogen) atoms. The van der Waals surface area contributed by atoms with Crippen LogP contribution in [0.25, 0.3) is 0 Å². The maximum Gasteiger partial charge on any atom is 0.240 e. The van der Waals surface area contributed by atoms with E-state index in [1.165, 1.54) is 4.90 Å². The highest BCUT2D eigenvalue weighted by Gasteiger charge is 2.18. The number of aldehydes is 1. The Balaban J connectivity index is 2.77. The van der Waals surface area contributed by atoms with Crippen molar-refractivity contribution in [1.82, 2.24) is 0 Å². The predicted octanol–water partition coefficient (Wildman–Crippen LogP) is 1.76. The van der Waals surface area contributed by atoms with Crippen molar-refractivity contribution in [3.63, 3.8) is 0 Å². The third-order valence-corrected chi connectivity index (χ3v) is 2.91. The van der Waals surface area contributed by atoms with E-state index in [0.29, 0.717) is 17.7 Å². The quantitative estimate of drug-likeness (QED) is 0.487. The molecule has 0 aliphatic heterocycles. The van der Waals surface area contributed by atoms with E-state index in [9.17, 15) is 9.59 Å². The lowest BCUT2D eigenvalue weighted by molar-refractivity contribution is -0.119. The minimum Gasteiger partial charge on any atom is -0.429 e. The average molecular weight is 271 g/mol. The van der Waals surface area contributed by atoms with Crippen molar-refractivity contribution in [3.05, 3.63) is 24.3 Å². The first-order valence-electron chi connectivity index (χ1n) is 4.91. The Bertz CT molecular complexity index is 394. The minimum atomic E-state index is -0.613. The van der Waals surface area contributed by atoms with Gasteiger partial charge in [-0.15, -0.1) is 0 Å². The van der Waals surface area contributed by atoms with E-state index >= 15 is 0 Å². The van der Waals surface area contributed by atoms with Gasteiger partial charge in [-0.3, -0.25) is 4.79 Å². The van der Waals surface area contributed by atoms with Gasteiger partial charge < -0.3 is 13.9 Å². The summed E-state index contributed by atoms with van der Waals surface area (Å²) < 4.78 is 4.73. The second-order valence-corrected chi connectivity index (χ2v) is 4.21. The van der Waals surface area contributed by atoms with Crippen molar-refractivity contribution in [2.24, 2.45) is 0 Å². The van der Waals surface area contributed by atoms with Gasteiger partial charge >= 0.3 is 0 Å². The molecule has 4 nitrogen and oxygen atoms in total. The van der Waals surface area contributed by atoms with Gasteiger partial charge in [0.15, 0.2) is 0 Å². The molecule has 0 aromatic heterocycles. The van der Waals surface area contributed by atoms with Gasteiger partial charge in [-0.25, -0.2) is 0 Å². The first kappa shape index (κ1) is 13.9. The van der Waals surface area contributed by atoms with Crippen LogP contribution in [0.5, 0.6) is 5.75 Å². The molecule has 0 saturated heterocycles. The average Bonchev–Trinajstić information content (AvgIpc) is 2.37. The van der Waals surface area contributed by atoms with Crippen molar-refractivity contribution in [3.8, 4) is 5.75 Å². The Hall–Kier alpha value is -1.14. The molecule has 1 unspecified atom stereocenters. The Morgan fingerprint density at radius 1 is 1.47 bits per heavy atom. The molecule has 92 valence electrons. The zero-order valence-electron chi connectivity index (χ0n) is 9.24. The number of benzene rings is 1. The summed E-state index contributed by atoms with van der Waals surface area (Å²) in [5, 5.41) is -0.613. The highest BCUT2D eigenvalue weighted by Crippen LogP contribution is 2.20. The Morgan fingerprint density at radius 2 is 2.06 bits per heavy atom. The van der Waals surface area contributed by atoms with Crippen LogP contribution < -0.4 is 9.08 Å². The third-order valence-electron chi connectivity index (χ3n) is 2.26. The van der Waals surface area contributed by atoms with Crippen LogP contribution >= 0.6 is 25.5 Å². The predicted molar refractivity (Wildman–Crippen MR) is 72.9 cm³/mol. The van der Waals surface area contributed by atoms with E-state index in [1.807, 2.05) is 0 Å². The molecule has 1 atom stereocenters. The number of carbonyl (C=O) groups excluding carboxylic acids is 2. The highest BCUT2D eigenvalue weighted by atomic mass is 32.1. The molecule has 0 bridgehead atoms. The van der Waals surface area contributed by atoms with Gasteiger partial charge in [0.25, 0.3) is 0 Å². The number of hydrogen-bond acceptors (Lipinski definition) is 5. The van der Waals surface area contributed by atoms with Gasteiger partial charge in [0.2, 0.25) is 5.91 Å². The molecule has 0 aliphatic carbocycles. The van der Waals surface area contributed by atoms with E-state index in [0.717, 1.165) is 0 Å². The molecule has 0 spiro atoms. The molecule has 0 heterocycles. The summed E-state index contributed by atoms with van der Waals surface area (Å²) in [5.74, 6) is 0.369. The van der Waals surface area contributed by atoms with Crippen molar-refractivity contribution in [2.45, 2.75) is 11.7 Å². The van der Waals surface area contributed by atoms with Gasteiger partial charge in [-0.1, -0.05) is 0 Å². The van der Waals surface area contributed by atoms with Gasteiger partial charge in [0.1, 0.15) is 12.0 Å². The maximum absolute atomic E-state index is 11.8. The molecular weight excluding hydrogens is 258 g/mol. The molecular formula is C11H13NO3S2. The molecule has 0 radical (unpaired) electrons. The first-order chi connectivity index (χ1) is 8.10. The molecule has 0 N–H and O–H groups in total. The Labute approximate surface area is 111 Å². The maximum atomic E-state index is 11.8. The number of rotatable bonds is 5. The van der Waals surface area contributed by atoms with Crippen LogP contribution in [0.2, 0.25) is 0 Å². The standard InChI is InChI=1S/C11H13NO3S2/c1-12(11(14)10(16)6-7-13)8-2-4-9(15-17)5-3-8/h2-5,7,10,16-17H,6H2,1H3.